The maximum Gasteiger partial charge on any atom is 0.261 e. The van der Waals surface area contributed by atoms with Crippen LogP contribution >= 0.6 is 0 Å². The Bertz CT molecular complexity index is 711. The minimum Gasteiger partial charge on any atom is -0.497 e. The molecule has 0 spiro atoms. The summed E-state index contributed by atoms with van der Waals surface area (Å²) < 4.78 is 11.0. The molecule has 1 aliphatic rings. The summed E-state index contributed by atoms with van der Waals surface area (Å²) in [5, 5.41) is 3.18. The standard InChI is InChI=1S/C21H25NO3/c1-3-20(25-17-13-11-16(24-2)12-14-17)21(23)22-19-10-6-8-15-7-4-5-9-18(15)19/h4-5,7,9,11-14,19-20H,3,6,8,10H2,1-2H3,(H,22,23)/t19-,20+/m1/s1. The minimum atomic E-state index is -0.498. The summed E-state index contributed by atoms with van der Waals surface area (Å²) in [7, 11) is 1.63. The first-order valence-electron chi connectivity index (χ1n) is 8.90. The Morgan fingerprint density at radius 3 is 2.60 bits per heavy atom. The molecule has 0 unspecified atom stereocenters. The normalized spacial score (nSPS) is 17.3. The van der Waals surface area contributed by atoms with Crippen molar-refractivity contribution in [1.29, 1.82) is 0 Å². The zero-order chi connectivity index (χ0) is 17.6. The third-order valence-corrected chi connectivity index (χ3v) is 4.69. The summed E-state index contributed by atoms with van der Waals surface area (Å²) in [6.45, 7) is 1.96. The summed E-state index contributed by atoms with van der Waals surface area (Å²) in [5.41, 5.74) is 2.57. The smallest absolute Gasteiger partial charge is 0.261 e. The van der Waals surface area contributed by atoms with Gasteiger partial charge in [0.25, 0.3) is 5.91 Å². The first-order chi connectivity index (χ1) is 12.2. The molecule has 0 bridgehead atoms. The fourth-order valence-corrected chi connectivity index (χ4v) is 3.31. The van der Waals surface area contributed by atoms with Gasteiger partial charge in [0.15, 0.2) is 6.10 Å². The summed E-state index contributed by atoms with van der Waals surface area (Å²) in [6, 6.07) is 15.7. The third-order valence-electron chi connectivity index (χ3n) is 4.69. The van der Waals surface area contributed by atoms with Gasteiger partial charge in [-0.2, -0.15) is 0 Å². The van der Waals surface area contributed by atoms with E-state index in [0.29, 0.717) is 12.2 Å². The van der Waals surface area contributed by atoms with E-state index in [1.165, 1.54) is 11.1 Å². The molecule has 0 saturated carbocycles. The molecule has 2 atom stereocenters. The lowest BCUT2D eigenvalue weighted by atomic mass is 9.87. The van der Waals surface area contributed by atoms with Gasteiger partial charge in [-0.25, -0.2) is 0 Å². The van der Waals surface area contributed by atoms with Gasteiger partial charge in [-0.3, -0.25) is 4.79 Å². The number of ether oxygens (including phenoxy) is 2. The van der Waals surface area contributed by atoms with Crippen LogP contribution in [0.4, 0.5) is 0 Å². The Morgan fingerprint density at radius 2 is 1.88 bits per heavy atom. The molecule has 0 aliphatic heterocycles. The van der Waals surface area contributed by atoms with Crippen LogP contribution in [0.2, 0.25) is 0 Å². The van der Waals surface area contributed by atoms with Crippen LogP contribution in [0.5, 0.6) is 11.5 Å². The summed E-state index contributed by atoms with van der Waals surface area (Å²) in [6.07, 6.45) is 3.27. The number of carbonyl (C=O) groups excluding carboxylic acids is 1. The van der Waals surface area contributed by atoms with Crippen molar-refractivity contribution < 1.29 is 14.3 Å². The molecule has 2 aromatic carbocycles. The molecule has 25 heavy (non-hydrogen) atoms. The number of carbonyl (C=O) groups is 1. The van der Waals surface area contributed by atoms with Gasteiger partial charge >= 0.3 is 0 Å². The summed E-state index contributed by atoms with van der Waals surface area (Å²) in [5.74, 6) is 1.38. The van der Waals surface area contributed by atoms with E-state index in [1.807, 2.05) is 37.3 Å². The number of hydrogen-bond acceptors (Lipinski definition) is 3. The second-order valence-electron chi connectivity index (χ2n) is 6.34. The van der Waals surface area contributed by atoms with Crippen molar-refractivity contribution in [2.75, 3.05) is 7.11 Å². The highest BCUT2D eigenvalue weighted by Gasteiger charge is 2.25. The Balaban J connectivity index is 1.66. The van der Waals surface area contributed by atoms with E-state index in [9.17, 15) is 4.79 Å². The number of aryl methyl sites for hydroxylation is 1. The van der Waals surface area contributed by atoms with Crippen molar-refractivity contribution in [3.05, 3.63) is 59.7 Å². The quantitative estimate of drug-likeness (QED) is 0.864. The van der Waals surface area contributed by atoms with Gasteiger partial charge in [-0.1, -0.05) is 31.2 Å². The second kappa shape index (κ2) is 8.06. The van der Waals surface area contributed by atoms with E-state index >= 15 is 0 Å². The molecular weight excluding hydrogens is 314 g/mol. The highest BCUT2D eigenvalue weighted by molar-refractivity contribution is 5.81. The predicted molar refractivity (Wildman–Crippen MR) is 98.0 cm³/mol. The van der Waals surface area contributed by atoms with E-state index in [2.05, 4.69) is 23.5 Å². The van der Waals surface area contributed by atoms with Gasteiger partial charge in [0.05, 0.1) is 13.2 Å². The predicted octanol–water partition coefficient (Wildman–Crippen LogP) is 4.05. The zero-order valence-electron chi connectivity index (χ0n) is 14.8. The van der Waals surface area contributed by atoms with Gasteiger partial charge in [0.1, 0.15) is 11.5 Å². The number of nitrogens with one attached hydrogen (secondary N) is 1. The number of fused-ring (bicyclic) bond motifs is 1. The number of amides is 1. The lowest BCUT2D eigenvalue weighted by molar-refractivity contribution is -0.129. The van der Waals surface area contributed by atoms with Crippen LogP contribution in [0.25, 0.3) is 0 Å². The molecule has 3 rings (SSSR count). The SMILES string of the molecule is CC[C@H](Oc1ccc(OC)cc1)C(=O)N[C@@H]1CCCc2ccccc21. The molecule has 2 aromatic rings. The van der Waals surface area contributed by atoms with Gasteiger partial charge in [0.2, 0.25) is 0 Å². The lowest BCUT2D eigenvalue weighted by Gasteiger charge is -2.28. The molecule has 132 valence electrons. The molecule has 0 aromatic heterocycles. The molecule has 1 N–H and O–H groups in total. The van der Waals surface area contributed by atoms with Crippen LogP contribution in [0.15, 0.2) is 48.5 Å². The Hall–Kier alpha value is -2.49. The van der Waals surface area contributed by atoms with Crippen LogP contribution in [0, 0.1) is 0 Å². The molecule has 4 nitrogen and oxygen atoms in total. The third kappa shape index (κ3) is 4.13. The molecule has 1 aliphatic carbocycles. The summed E-state index contributed by atoms with van der Waals surface area (Å²) in [4.78, 5) is 12.7. The van der Waals surface area contributed by atoms with Crippen LogP contribution in [0.3, 0.4) is 0 Å². The van der Waals surface area contributed by atoms with E-state index < -0.39 is 6.10 Å². The van der Waals surface area contributed by atoms with Crippen LogP contribution in [-0.4, -0.2) is 19.1 Å². The molecule has 0 saturated heterocycles. The van der Waals surface area contributed by atoms with Crippen molar-refractivity contribution in [1.82, 2.24) is 5.32 Å². The Morgan fingerprint density at radius 1 is 1.16 bits per heavy atom. The molecule has 0 radical (unpaired) electrons. The molecule has 0 fully saturated rings. The van der Waals surface area contributed by atoms with Gasteiger partial charge < -0.3 is 14.8 Å². The lowest BCUT2D eigenvalue weighted by Crippen LogP contribution is -2.40. The van der Waals surface area contributed by atoms with Crippen molar-refractivity contribution in [2.24, 2.45) is 0 Å². The molecular formula is C21H25NO3. The topological polar surface area (TPSA) is 47.6 Å². The van der Waals surface area contributed by atoms with Crippen LogP contribution in [-0.2, 0) is 11.2 Å². The van der Waals surface area contributed by atoms with E-state index in [1.54, 1.807) is 7.11 Å². The zero-order valence-corrected chi connectivity index (χ0v) is 14.8. The number of methoxy groups -OCH3 is 1. The number of hydrogen-bond donors (Lipinski definition) is 1. The highest BCUT2D eigenvalue weighted by Crippen LogP contribution is 2.29. The average Bonchev–Trinajstić information content (AvgIpc) is 2.66. The Labute approximate surface area is 149 Å². The first-order valence-corrected chi connectivity index (χ1v) is 8.90. The van der Waals surface area contributed by atoms with Crippen molar-refractivity contribution in [3.63, 3.8) is 0 Å². The number of rotatable bonds is 6. The van der Waals surface area contributed by atoms with E-state index in [4.69, 9.17) is 9.47 Å². The average molecular weight is 339 g/mol. The Kier molecular flexibility index (Phi) is 5.59. The van der Waals surface area contributed by atoms with E-state index in [-0.39, 0.29) is 11.9 Å². The maximum absolute atomic E-state index is 12.7. The van der Waals surface area contributed by atoms with Gasteiger partial charge in [-0.05, 0) is 61.1 Å². The number of benzene rings is 2. The van der Waals surface area contributed by atoms with Crippen molar-refractivity contribution in [2.45, 2.75) is 44.8 Å². The largest absolute Gasteiger partial charge is 0.497 e. The molecule has 1 amide bonds. The monoisotopic (exact) mass is 339 g/mol. The first kappa shape index (κ1) is 17.3. The fraction of sp³-hybridized carbons (Fsp3) is 0.381. The van der Waals surface area contributed by atoms with Crippen molar-refractivity contribution in [3.8, 4) is 11.5 Å². The van der Waals surface area contributed by atoms with Crippen LogP contribution in [0.1, 0.15) is 43.4 Å². The second-order valence-corrected chi connectivity index (χ2v) is 6.34. The van der Waals surface area contributed by atoms with Gasteiger partial charge in [0, 0.05) is 0 Å². The van der Waals surface area contributed by atoms with Gasteiger partial charge in [-0.15, -0.1) is 0 Å². The minimum absolute atomic E-state index is 0.0555. The summed E-state index contributed by atoms with van der Waals surface area (Å²) >= 11 is 0. The van der Waals surface area contributed by atoms with Crippen molar-refractivity contribution >= 4 is 5.91 Å². The molecule has 4 heteroatoms. The maximum atomic E-state index is 12.7. The fourth-order valence-electron chi connectivity index (χ4n) is 3.31. The van der Waals surface area contributed by atoms with Crippen LogP contribution < -0.4 is 14.8 Å². The van der Waals surface area contributed by atoms with E-state index in [0.717, 1.165) is 25.0 Å². The highest BCUT2D eigenvalue weighted by atomic mass is 16.5. The molecule has 0 heterocycles.